The van der Waals surface area contributed by atoms with Crippen LogP contribution in [0.3, 0.4) is 0 Å². The van der Waals surface area contributed by atoms with Crippen LogP contribution in [-0.2, 0) is 0 Å². The van der Waals surface area contributed by atoms with Crippen LogP contribution in [0.25, 0.3) is 0 Å². The van der Waals surface area contributed by atoms with Gasteiger partial charge in [-0.05, 0) is 12.1 Å². The van der Waals surface area contributed by atoms with Gasteiger partial charge in [-0.3, -0.25) is 0 Å². The largest absolute Gasteiger partial charge is 0.489 e. The summed E-state index contributed by atoms with van der Waals surface area (Å²) in [5.74, 6) is 0.664. The molecule has 5 nitrogen and oxygen atoms in total. The number of hydrogen-bond acceptors (Lipinski definition) is 3. The van der Waals surface area contributed by atoms with E-state index >= 15 is 0 Å². The van der Waals surface area contributed by atoms with Crippen LogP contribution < -0.4 is 15.9 Å². The molecule has 0 spiro atoms. The number of primary amides is 1. The summed E-state index contributed by atoms with van der Waals surface area (Å²) in [7, 11) is 0. The second-order valence-corrected chi connectivity index (χ2v) is 2.87. The number of amides is 2. The molecule has 0 saturated carbocycles. The van der Waals surface area contributed by atoms with E-state index in [1.807, 2.05) is 18.2 Å². The average molecular weight is 219 g/mol. The number of nitrogens with two attached hydrogens (primary N) is 1. The maximum atomic E-state index is 10.4. The Morgan fingerprint density at radius 3 is 3.00 bits per heavy atom. The van der Waals surface area contributed by atoms with Crippen molar-refractivity contribution in [1.29, 1.82) is 0 Å². The van der Waals surface area contributed by atoms with Gasteiger partial charge in [0.25, 0.3) is 0 Å². The minimum absolute atomic E-state index is 0.411. The van der Waals surface area contributed by atoms with Crippen LogP contribution >= 0.6 is 0 Å². The molecule has 1 rings (SSSR count). The van der Waals surface area contributed by atoms with Gasteiger partial charge in [0.1, 0.15) is 12.4 Å². The summed E-state index contributed by atoms with van der Waals surface area (Å²) in [6.07, 6.45) is 3.11. The van der Waals surface area contributed by atoms with Crippen LogP contribution in [0.1, 0.15) is 5.56 Å². The van der Waals surface area contributed by atoms with E-state index in [9.17, 15) is 4.79 Å². The molecule has 0 aliphatic heterocycles. The van der Waals surface area contributed by atoms with E-state index in [4.69, 9.17) is 10.5 Å². The fourth-order valence-corrected chi connectivity index (χ4v) is 1.03. The zero-order valence-electron chi connectivity index (χ0n) is 8.72. The van der Waals surface area contributed by atoms with E-state index < -0.39 is 6.03 Å². The van der Waals surface area contributed by atoms with Gasteiger partial charge in [0, 0.05) is 5.56 Å². The summed E-state index contributed by atoms with van der Waals surface area (Å²) in [5.41, 5.74) is 7.72. The van der Waals surface area contributed by atoms with E-state index in [1.54, 1.807) is 12.1 Å². The van der Waals surface area contributed by atoms with Crippen molar-refractivity contribution in [2.45, 2.75) is 0 Å². The molecule has 1 aromatic carbocycles. The third-order valence-corrected chi connectivity index (χ3v) is 1.65. The number of hydrogen-bond donors (Lipinski definition) is 2. The molecule has 16 heavy (non-hydrogen) atoms. The van der Waals surface area contributed by atoms with Crippen LogP contribution in [0.2, 0.25) is 0 Å². The molecule has 84 valence electrons. The summed E-state index contributed by atoms with van der Waals surface area (Å²) < 4.78 is 5.39. The molecule has 0 heterocycles. The number of carbonyl (C=O) groups excluding carboxylic acids is 1. The van der Waals surface area contributed by atoms with Gasteiger partial charge < -0.3 is 10.5 Å². The Morgan fingerprint density at radius 1 is 1.56 bits per heavy atom. The number of carbonyl (C=O) groups is 1. The van der Waals surface area contributed by atoms with Gasteiger partial charge in [0.2, 0.25) is 0 Å². The Bertz CT molecular complexity index is 402. The molecule has 0 aliphatic carbocycles. The van der Waals surface area contributed by atoms with E-state index in [-0.39, 0.29) is 0 Å². The molecular weight excluding hydrogens is 206 g/mol. The third kappa shape index (κ3) is 3.83. The summed E-state index contributed by atoms with van der Waals surface area (Å²) in [5, 5.41) is 3.65. The smallest absolute Gasteiger partial charge is 0.332 e. The molecule has 3 N–H and O–H groups in total. The summed E-state index contributed by atoms with van der Waals surface area (Å²) in [4.78, 5) is 10.4. The molecule has 0 unspecified atom stereocenters. The number of ether oxygens (including phenoxy) is 1. The average Bonchev–Trinajstić information content (AvgIpc) is 2.27. The molecule has 5 heteroatoms. The minimum Gasteiger partial charge on any atom is -0.489 e. The third-order valence-electron chi connectivity index (χ3n) is 1.65. The first kappa shape index (κ1) is 11.8. The van der Waals surface area contributed by atoms with Crippen LogP contribution in [0, 0.1) is 0 Å². The lowest BCUT2D eigenvalue weighted by Crippen LogP contribution is -2.24. The summed E-state index contributed by atoms with van der Waals surface area (Å²) in [6, 6.07) is 6.59. The van der Waals surface area contributed by atoms with Crippen LogP contribution in [0.15, 0.2) is 42.0 Å². The Hall–Kier alpha value is -2.30. The Morgan fingerprint density at radius 2 is 2.31 bits per heavy atom. The monoisotopic (exact) mass is 219 g/mol. The highest BCUT2D eigenvalue weighted by Gasteiger charge is 1.98. The highest BCUT2D eigenvalue weighted by atomic mass is 16.5. The molecule has 0 saturated heterocycles. The SMILES string of the molecule is C=CCOc1ccccc1/C=N\NC(N)=O. The predicted octanol–water partition coefficient (Wildman–Crippen LogP) is 1.25. The Balaban J connectivity index is 2.73. The normalized spacial score (nSPS) is 10.0. The van der Waals surface area contributed by atoms with Crippen LogP contribution in [-0.4, -0.2) is 18.9 Å². The van der Waals surface area contributed by atoms with Gasteiger partial charge in [-0.2, -0.15) is 5.10 Å². The summed E-state index contributed by atoms with van der Waals surface area (Å²) in [6.45, 7) is 3.97. The molecular formula is C11H13N3O2. The summed E-state index contributed by atoms with van der Waals surface area (Å²) >= 11 is 0. The van der Waals surface area contributed by atoms with E-state index in [0.29, 0.717) is 12.4 Å². The van der Waals surface area contributed by atoms with Crippen LogP contribution in [0.4, 0.5) is 4.79 Å². The predicted molar refractivity (Wildman–Crippen MR) is 62.4 cm³/mol. The number of nitrogens with one attached hydrogen (secondary N) is 1. The zero-order valence-corrected chi connectivity index (χ0v) is 8.72. The van der Waals surface area contributed by atoms with Crippen molar-refractivity contribution in [1.82, 2.24) is 5.43 Å². The molecule has 0 atom stereocenters. The lowest BCUT2D eigenvalue weighted by Gasteiger charge is -2.05. The second-order valence-electron chi connectivity index (χ2n) is 2.87. The number of benzene rings is 1. The minimum atomic E-state index is -0.708. The van der Waals surface area contributed by atoms with Gasteiger partial charge in [0.05, 0.1) is 6.21 Å². The number of para-hydroxylation sites is 1. The molecule has 0 radical (unpaired) electrons. The van der Waals surface area contributed by atoms with Crippen molar-refractivity contribution >= 4 is 12.2 Å². The molecule has 1 aromatic rings. The Kier molecular flexibility index (Phi) is 4.59. The Labute approximate surface area is 93.6 Å². The lowest BCUT2D eigenvalue weighted by molar-refractivity contribution is 0.249. The van der Waals surface area contributed by atoms with Crippen molar-refractivity contribution in [3.8, 4) is 5.75 Å². The van der Waals surface area contributed by atoms with Gasteiger partial charge in [0.15, 0.2) is 0 Å². The van der Waals surface area contributed by atoms with Gasteiger partial charge in [-0.15, -0.1) is 0 Å². The maximum absolute atomic E-state index is 10.4. The first-order valence-corrected chi connectivity index (χ1v) is 4.65. The van der Waals surface area contributed by atoms with Crippen molar-refractivity contribution in [3.63, 3.8) is 0 Å². The lowest BCUT2D eigenvalue weighted by atomic mass is 10.2. The van der Waals surface area contributed by atoms with Crippen LogP contribution in [0.5, 0.6) is 5.75 Å². The first-order valence-electron chi connectivity index (χ1n) is 4.65. The van der Waals surface area contributed by atoms with Crippen molar-refractivity contribution in [3.05, 3.63) is 42.5 Å². The van der Waals surface area contributed by atoms with Gasteiger partial charge >= 0.3 is 6.03 Å². The fourth-order valence-electron chi connectivity index (χ4n) is 1.03. The van der Waals surface area contributed by atoms with Crippen molar-refractivity contribution in [2.75, 3.05) is 6.61 Å². The number of hydrazone groups is 1. The second kappa shape index (κ2) is 6.23. The number of nitrogens with zero attached hydrogens (tertiary/aromatic N) is 1. The number of rotatable bonds is 5. The molecule has 2 amide bonds. The fraction of sp³-hybridized carbons (Fsp3) is 0.0909. The molecule has 0 bridgehead atoms. The van der Waals surface area contributed by atoms with Crippen molar-refractivity contribution in [2.24, 2.45) is 10.8 Å². The zero-order chi connectivity index (χ0) is 11.8. The van der Waals surface area contributed by atoms with Gasteiger partial charge in [-0.25, -0.2) is 10.2 Å². The van der Waals surface area contributed by atoms with Gasteiger partial charge in [-0.1, -0.05) is 24.8 Å². The first-order chi connectivity index (χ1) is 7.74. The standard InChI is InChI=1S/C11H13N3O2/c1-2-7-16-10-6-4-3-5-9(10)8-13-14-11(12)15/h2-6,8H,1,7H2,(H3,12,14,15)/b13-8-. The van der Waals surface area contributed by atoms with Crippen molar-refractivity contribution < 1.29 is 9.53 Å². The molecule has 0 aromatic heterocycles. The van der Waals surface area contributed by atoms with E-state index in [2.05, 4.69) is 17.1 Å². The van der Waals surface area contributed by atoms with E-state index in [1.165, 1.54) is 6.21 Å². The quantitative estimate of drug-likeness (QED) is 0.444. The van der Waals surface area contributed by atoms with E-state index in [0.717, 1.165) is 5.56 Å². The number of urea groups is 1. The highest BCUT2D eigenvalue weighted by molar-refractivity contribution is 5.84. The molecule has 0 fully saturated rings. The maximum Gasteiger partial charge on any atom is 0.332 e. The highest BCUT2D eigenvalue weighted by Crippen LogP contribution is 2.15. The molecule has 0 aliphatic rings. The topological polar surface area (TPSA) is 76.7 Å².